The number of nitrogens with one attached hydrogen (secondary N) is 2. The largest absolute Gasteiger partial charge is 0.465 e. The molecular formula is C20H18N2O4S2. The van der Waals surface area contributed by atoms with Gasteiger partial charge >= 0.3 is 5.97 Å². The first-order chi connectivity index (χ1) is 13.6. The Morgan fingerprint density at radius 2 is 1.54 bits per heavy atom. The number of hydrogen-bond donors (Lipinski definition) is 2. The zero-order chi connectivity index (χ0) is 19.9. The lowest BCUT2D eigenvalue weighted by atomic mass is 10.1. The van der Waals surface area contributed by atoms with Gasteiger partial charge in [-0.05, 0) is 34.9 Å². The highest BCUT2D eigenvalue weighted by atomic mass is 32.1. The Morgan fingerprint density at radius 1 is 0.893 bits per heavy atom. The second kappa shape index (κ2) is 9.29. The average molecular weight is 415 g/mol. The molecule has 0 atom stereocenters. The Hall–Kier alpha value is -2.97. The Bertz CT molecular complexity index is 979. The highest BCUT2D eigenvalue weighted by Gasteiger charge is 2.19. The molecule has 0 bridgehead atoms. The van der Waals surface area contributed by atoms with Crippen LogP contribution in [-0.2, 0) is 16.0 Å². The summed E-state index contributed by atoms with van der Waals surface area (Å²) in [5, 5.41) is 9.83. The van der Waals surface area contributed by atoms with E-state index in [1.165, 1.54) is 29.8 Å². The van der Waals surface area contributed by atoms with E-state index in [1.807, 2.05) is 30.3 Å². The average Bonchev–Trinajstić information content (AvgIpc) is 3.36. The lowest BCUT2D eigenvalue weighted by Crippen LogP contribution is -2.17. The summed E-state index contributed by atoms with van der Waals surface area (Å²) in [6.07, 6.45) is 0.942. The van der Waals surface area contributed by atoms with Crippen molar-refractivity contribution in [1.29, 1.82) is 0 Å². The topological polar surface area (TPSA) is 84.5 Å². The maximum atomic E-state index is 12.6. The van der Waals surface area contributed by atoms with E-state index in [2.05, 4.69) is 10.6 Å². The van der Waals surface area contributed by atoms with E-state index in [0.29, 0.717) is 34.0 Å². The molecule has 8 heteroatoms. The van der Waals surface area contributed by atoms with E-state index >= 15 is 0 Å². The molecule has 3 rings (SSSR count). The summed E-state index contributed by atoms with van der Waals surface area (Å²) in [6.45, 7) is 0. The van der Waals surface area contributed by atoms with Crippen molar-refractivity contribution >= 4 is 50.5 Å². The second-order valence-electron chi connectivity index (χ2n) is 5.81. The van der Waals surface area contributed by atoms with Gasteiger partial charge in [0.25, 0.3) is 5.91 Å². The Balaban J connectivity index is 1.63. The Morgan fingerprint density at radius 3 is 2.21 bits per heavy atom. The first-order valence-corrected chi connectivity index (χ1v) is 10.2. The van der Waals surface area contributed by atoms with Gasteiger partial charge in [0.05, 0.1) is 18.2 Å². The molecule has 0 fully saturated rings. The van der Waals surface area contributed by atoms with Crippen LogP contribution < -0.4 is 10.6 Å². The summed E-state index contributed by atoms with van der Waals surface area (Å²) in [5.41, 5.74) is 1.72. The van der Waals surface area contributed by atoms with E-state index in [1.54, 1.807) is 22.9 Å². The summed E-state index contributed by atoms with van der Waals surface area (Å²) in [5.74, 6) is -1.07. The zero-order valence-corrected chi connectivity index (χ0v) is 16.7. The lowest BCUT2D eigenvalue weighted by molar-refractivity contribution is -0.116. The number of anilines is 2. The van der Waals surface area contributed by atoms with Crippen molar-refractivity contribution in [2.75, 3.05) is 17.7 Å². The molecule has 2 N–H and O–H groups in total. The van der Waals surface area contributed by atoms with Crippen molar-refractivity contribution < 1.29 is 19.1 Å². The van der Waals surface area contributed by atoms with Gasteiger partial charge in [0.15, 0.2) is 0 Å². The minimum absolute atomic E-state index is 0.160. The highest BCUT2D eigenvalue weighted by molar-refractivity contribution is 7.15. The lowest BCUT2D eigenvalue weighted by Gasteiger charge is -2.08. The van der Waals surface area contributed by atoms with Crippen molar-refractivity contribution in [2.45, 2.75) is 12.8 Å². The van der Waals surface area contributed by atoms with Crippen LogP contribution in [0.3, 0.4) is 0 Å². The summed E-state index contributed by atoms with van der Waals surface area (Å²) in [4.78, 5) is 36.6. The molecule has 0 spiro atoms. The minimum Gasteiger partial charge on any atom is -0.465 e. The van der Waals surface area contributed by atoms with Crippen LogP contribution in [0.15, 0.2) is 53.2 Å². The molecule has 1 aromatic carbocycles. The van der Waals surface area contributed by atoms with Gasteiger partial charge in [-0.3, -0.25) is 9.59 Å². The van der Waals surface area contributed by atoms with Gasteiger partial charge < -0.3 is 15.4 Å². The number of thiophene rings is 2. The molecule has 144 valence electrons. The van der Waals surface area contributed by atoms with Gasteiger partial charge in [0.1, 0.15) is 10.0 Å². The minimum atomic E-state index is -0.517. The molecule has 2 amide bonds. The molecule has 3 aromatic rings. The SMILES string of the molecule is COC(=O)c1ccsc1NC(=O)c1ccsc1NC(=O)CCc1ccccc1. The summed E-state index contributed by atoms with van der Waals surface area (Å²) >= 11 is 2.50. The van der Waals surface area contributed by atoms with Crippen LogP contribution in [0.4, 0.5) is 10.0 Å². The van der Waals surface area contributed by atoms with Crippen molar-refractivity contribution in [3.05, 3.63) is 69.9 Å². The molecule has 0 aliphatic rings. The molecule has 0 saturated heterocycles. The molecule has 0 aliphatic carbocycles. The van der Waals surface area contributed by atoms with Gasteiger partial charge in [-0.25, -0.2) is 4.79 Å². The number of amides is 2. The van der Waals surface area contributed by atoms with Crippen LogP contribution in [0.2, 0.25) is 0 Å². The monoisotopic (exact) mass is 414 g/mol. The number of aryl methyl sites for hydroxylation is 1. The van der Waals surface area contributed by atoms with Crippen molar-refractivity contribution in [3.8, 4) is 0 Å². The van der Waals surface area contributed by atoms with E-state index in [-0.39, 0.29) is 5.91 Å². The molecule has 2 heterocycles. The predicted molar refractivity (Wildman–Crippen MR) is 111 cm³/mol. The molecule has 0 radical (unpaired) electrons. The highest BCUT2D eigenvalue weighted by Crippen LogP contribution is 2.28. The zero-order valence-electron chi connectivity index (χ0n) is 15.1. The quantitative estimate of drug-likeness (QED) is 0.561. The number of carbonyl (C=O) groups excluding carboxylic acids is 3. The summed E-state index contributed by atoms with van der Waals surface area (Å²) in [6, 6.07) is 13.0. The molecule has 0 saturated carbocycles. The Kier molecular flexibility index (Phi) is 6.57. The number of benzene rings is 1. The maximum absolute atomic E-state index is 12.6. The number of ether oxygens (including phenoxy) is 1. The summed E-state index contributed by atoms with van der Waals surface area (Å²) in [7, 11) is 1.29. The number of esters is 1. The van der Waals surface area contributed by atoms with Crippen LogP contribution in [-0.4, -0.2) is 24.9 Å². The van der Waals surface area contributed by atoms with Crippen LogP contribution in [0.1, 0.15) is 32.7 Å². The predicted octanol–water partition coefficient (Wildman–Crippen LogP) is 4.42. The number of rotatable bonds is 7. The van der Waals surface area contributed by atoms with Gasteiger partial charge in [-0.2, -0.15) is 0 Å². The molecule has 28 heavy (non-hydrogen) atoms. The fourth-order valence-electron chi connectivity index (χ4n) is 2.52. The van der Waals surface area contributed by atoms with E-state index in [4.69, 9.17) is 4.74 Å². The maximum Gasteiger partial charge on any atom is 0.340 e. The fourth-order valence-corrected chi connectivity index (χ4v) is 4.09. The van der Waals surface area contributed by atoms with Crippen LogP contribution in [0.25, 0.3) is 0 Å². The van der Waals surface area contributed by atoms with Crippen LogP contribution in [0, 0.1) is 0 Å². The molecule has 2 aromatic heterocycles. The standard InChI is InChI=1S/C20H18N2O4S2/c1-26-20(25)15-10-12-28-19(15)22-17(24)14-9-11-27-18(14)21-16(23)8-7-13-5-3-2-4-6-13/h2-6,9-12H,7-8H2,1H3,(H,21,23)(H,22,24). The second-order valence-corrected chi connectivity index (χ2v) is 7.64. The molecule has 0 unspecified atom stereocenters. The van der Waals surface area contributed by atoms with Gasteiger partial charge in [0, 0.05) is 6.42 Å². The van der Waals surface area contributed by atoms with Crippen molar-refractivity contribution in [3.63, 3.8) is 0 Å². The molecular weight excluding hydrogens is 396 g/mol. The van der Waals surface area contributed by atoms with Gasteiger partial charge in [0.2, 0.25) is 5.91 Å². The van der Waals surface area contributed by atoms with Gasteiger partial charge in [-0.15, -0.1) is 22.7 Å². The molecule has 0 aliphatic heterocycles. The fraction of sp³-hybridized carbons (Fsp3) is 0.150. The van der Waals surface area contributed by atoms with E-state index in [0.717, 1.165) is 5.56 Å². The number of methoxy groups -OCH3 is 1. The molecule has 6 nitrogen and oxygen atoms in total. The van der Waals surface area contributed by atoms with E-state index in [9.17, 15) is 14.4 Å². The Labute approximate surface area is 170 Å². The van der Waals surface area contributed by atoms with E-state index < -0.39 is 11.9 Å². The smallest absolute Gasteiger partial charge is 0.340 e. The third-order valence-corrected chi connectivity index (χ3v) is 5.60. The number of carbonyl (C=O) groups is 3. The number of hydrogen-bond acceptors (Lipinski definition) is 6. The van der Waals surface area contributed by atoms with Crippen molar-refractivity contribution in [1.82, 2.24) is 0 Å². The van der Waals surface area contributed by atoms with Crippen molar-refractivity contribution in [2.24, 2.45) is 0 Å². The third kappa shape index (κ3) is 4.85. The third-order valence-electron chi connectivity index (χ3n) is 3.94. The van der Waals surface area contributed by atoms with Gasteiger partial charge in [-0.1, -0.05) is 30.3 Å². The van der Waals surface area contributed by atoms with Crippen LogP contribution >= 0.6 is 22.7 Å². The first-order valence-electron chi connectivity index (χ1n) is 8.47. The van der Waals surface area contributed by atoms with Crippen LogP contribution in [0.5, 0.6) is 0 Å². The normalized spacial score (nSPS) is 10.3. The summed E-state index contributed by atoms with van der Waals surface area (Å²) < 4.78 is 4.71. The first kappa shape index (κ1) is 19.8.